The molecule has 3 aromatic rings. The fraction of sp³-hybridized carbons (Fsp3) is 0.344. The van der Waals surface area contributed by atoms with Crippen molar-refractivity contribution >= 4 is 23.2 Å². The van der Waals surface area contributed by atoms with Crippen molar-refractivity contribution in [3.05, 3.63) is 88.9 Å². The van der Waals surface area contributed by atoms with Crippen molar-refractivity contribution in [1.29, 1.82) is 0 Å². The van der Waals surface area contributed by atoms with Crippen LogP contribution in [0.5, 0.6) is 0 Å². The zero-order valence-electron chi connectivity index (χ0n) is 21.5. The molecule has 0 N–H and O–H groups in total. The number of halogens is 1. The second kappa shape index (κ2) is 12.0. The topological polar surface area (TPSA) is 26.8 Å². The standard InChI is InChI=1S/C32H34ClN3O/c1-34(30-15-11-28(12-16-30)27-9-13-29(33)14-10-27)32(37)17-8-25-4-6-26(7-5-25)24-35-22-18-31(19-23-35)36-20-2-3-21-36/h4-7,9-16,31H,2-3,18-24H2,1H3. The lowest BCUT2D eigenvalue weighted by Crippen LogP contribution is -2.43. The first kappa shape index (κ1) is 25.5. The van der Waals surface area contributed by atoms with E-state index in [9.17, 15) is 4.79 Å². The molecule has 2 heterocycles. The van der Waals surface area contributed by atoms with Crippen LogP contribution in [0.4, 0.5) is 5.69 Å². The van der Waals surface area contributed by atoms with Crippen molar-refractivity contribution in [2.75, 3.05) is 38.1 Å². The van der Waals surface area contributed by atoms with Gasteiger partial charge in [-0.2, -0.15) is 0 Å². The van der Waals surface area contributed by atoms with Crippen molar-refractivity contribution in [2.45, 2.75) is 38.3 Å². The van der Waals surface area contributed by atoms with Crippen molar-refractivity contribution in [2.24, 2.45) is 0 Å². The Morgan fingerprint density at radius 2 is 1.46 bits per heavy atom. The lowest BCUT2D eigenvalue weighted by Gasteiger charge is -2.36. The molecule has 0 radical (unpaired) electrons. The highest BCUT2D eigenvalue weighted by molar-refractivity contribution is 6.30. The minimum Gasteiger partial charge on any atom is -0.305 e. The van der Waals surface area contributed by atoms with Gasteiger partial charge in [-0.15, -0.1) is 0 Å². The number of likely N-dealkylation sites (tertiary alicyclic amines) is 2. The van der Waals surface area contributed by atoms with E-state index in [1.807, 2.05) is 60.7 Å². The molecule has 0 aliphatic carbocycles. The van der Waals surface area contributed by atoms with Gasteiger partial charge in [0.25, 0.3) is 0 Å². The Balaban J connectivity index is 1.13. The van der Waals surface area contributed by atoms with Crippen LogP contribution in [0.3, 0.4) is 0 Å². The van der Waals surface area contributed by atoms with Crippen LogP contribution in [0.25, 0.3) is 11.1 Å². The molecule has 3 aromatic carbocycles. The SMILES string of the molecule is CN(C(=O)C#Cc1ccc(CN2CCC(N3CCCC3)CC2)cc1)c1ccc(-c2ccc(Cl)cc2)cc1. The van der Waals surface area contributed by atoms with Gasteiger partial charge < -0.3 is 9.80 Å². The van der Waals surface area contributed by atoms with Crippen LogP contribution < -0.4 is 4.90 Å². The van der Waals surface area contributed by atoms with Gasteiger partial charge >= 0.3 is 5.91 Å². The summed E-state index contributed by atoms with van der Waals surface area (Å²) in [4.78, 5) is 19.5. The molecule has 4 nitrogen and oxygen atoms in total. The predicted molar refractivity (Wildman–Crippen MR) is 153 cm³/mol. The first-order valence-corrected chi connectivity index (χ1v) is 13.6. The highest BCUT2D eigenvalue weighted by Gasteiger charge is 2.26. The molecule has 2 aliphatic rings. The highest BCUT2D eigenvalue weighted by atomic mass is 35.5. The first-order valence-electron chi connectivity index (χ1n) is 13.3. The summed E-state index contributed by atoms with van der Waals surface area (Å²) >= 11 is 5.98. The molecule has 0 spiro atoms. The Bertz CT molecular complexity index is 1240. The Kier molecular flexibility index (Phi) is 8.26. The average Bonchev–Trinajstić information content (AvgIpc) is 3.48. The number of amides is 1. The van der Waals surface area contributed by atoms with Gasteiger partial charge in [0.2, 0.25) is 0 Å². The molecule has 5 heteroatoms. The van der Waals surface area contributed by atoms with Crippen LogP contribution in [0, 0.1) is 11.8 Å². The summed E-state index contributed by atoms with van der Waals surface area (Å²) in [6.45, 7) is 5.91. The third kappa shape index (κ3) is 6.62. The second-order valence-electron chi connectivity index (χ2n) is 10.1. The summed E-state index contributed by atoms with van der Waals surface area (Å²) in [6, 6.07) is 24.7. The zero-order chi connectivity index (χ0) is 25.6. The monoisotopic (exact) mass is 511 g/mol. The number of carbonyl (C=O) groups excluding carboxylic acids is 1. The van der Waals surface area contributed by atoms with Crippen LogP contribution in [0.15, 0.2) is 72.8 Å². The van der Waals surface area contributed by atoms with E-state index in [0.29, 0.717) is 5.02 Å². The molecular formula is C32H34ClN3O. The van der Waals surface area contributed by atoms with Gasteiger partial charge in [0.05, 0.1) is 0 Å². The summed E-state index contributed by atoms with van der Waals surface area (Å²) in [7, 11) is 1.75. The van der Waals surface area contributed by atoms with Gasteiger partial charge in [-0.1, -0.05) is 53.9 Å². The van der Waals surface area contributed by atoms with E-state index in [4.69, 9.17) is 11.6 Å². The third-order valence-corrected chi connectivity index (χ3v) is 7.88. The molecule has 0 saturated carbocycles. The number of benzene rings is 3. The maximum Gasteiger partial charge on any atom is 0.302 e. The Labute approximate surface area is 225 Å². The third-order valence-electron chi connectivity index (χ3n) is 7.62. The molecule has 37 heavy (non-hydrogen) atoms. The average molecular weight is 512 g/mol. The number of piperidine rings is 1. The molecule has 2 saturated heterocycles. The van der Waals surface area contributed by atoms with Gasteiger partial charge in [0.1, 0.15) is 0 Å². The van der Waals surface area contributed by atoms with E-state index in [0.717, 1.165) is 35.0 Å². The molecule has 2 fully saturated rings. The van der Waals surface area contributed by atoms with Gasteiger partial charge in [0.15, 0.2) is 0 Å². The van der Waals surface area contributed by atoms with Gasteiger partial charge in [-0.05, 0) is 105 Å². The molecule has 0 bridgehead atoms. The Hall–Kier alpha value is -3.10. The van der Waals surface area contributed by atoms with Gasteiger partial charge in [-0.25, -0.2) is 0 Å². The zero-order valence-corrected chi connectivity index (χ0v) is 22.3. The smallest absolute Gasteiger partial charge is 0.302 e. The van der Waals surface area contributed by atoms with E-state index in [2.05, 4.69) is 33.8 Å². The second-order valence-corrected chi connectivity index (χ2v) is 10.6. The molecule has 5 rings (SSSR count). The summed E-state index contributed by atoms with van der Waals surface area (Å²) in [5.41, 5.74) is 5.12. The molecule has 0 aromatic heterocycles. The van der Waals surface area contributed by atoms with Crippen LogP contribution in [0.1, 0.15) is 36.8 Å². The van der Waals surface area contributed by atoms with E-state index in [-0.39, 0.29) is 5.91 Å². The number of hydrogen-bond donors (Lipinski definition) is 0. The maximum atomic E-state index is 12.7. The maximum absolute atomic E-state index is 12.7. The molecule has 0 atom stereocenters. The van der Waals surface area contributed by atoms with Crippen LogP contribution in [0.2, 0.25) is 5.02 Å². The van der Waals surface area contributed by atoms with Crippen molar-refractivity contribution in [3.8, 4) is 23.0 Å². The fourth-order valence-electron chi connectivity index (χ4n) is 5.35. The van der Waals surface area contributed by atoms with Gasteiger partial charge in [-0.3, -0.25) is 9.69 Å². The number of hydrogen-bond acceptors (Lipinski definition) is 3. The number of anilines is 1. The van der Waals surface area contributed by atoms with Crippen molar-refractivity contribution < 1.29 is 4.79 Å². The summed E-state index contributed by atoms with van der Waals surface area (Å²) in [5, 5.41) is 0.715. The van der Waals surface area contributed by atoms with E-state index >= 15 is 0 Å². The lowest BCUT2D eigenvalue weighted by molar-refractivity contribution is -0.113. The van der Waals surface area contributed by atoms with Crippen LogP contribution in [-0.2, 0) is 11.3 Å². The molecule has 190 valence electrons. The van der Waals surface area contributed by atoms with Crippen molar-refractivity contribution in [3.63, 3.8) is 0 Å². The number of carbonyl (C=O) groups is 1. The normalized spacial score (nSPS) is 16.8. The Morgan fingerprint density at radius 1 is 0.865 bits per heavy atom. The minimum atomic E-state index is -0.232. The van der Waals surface area contributed by atoms with E-state index < -0.39 is 0 Å². The minimum absolute atomic E-state index is 0.232. The Morgan fingerprint density at radius 3 is 2.08 bits per heavy atom. The van der Waals surface area contributed by atoms with E-state index in [1.165, 1.54) is 57.4 Å². The molecule has 0 unspecified atom stereocenters. The molecule has 1 amide bonds. The highest BCUT2D eigenvalue weighted by Crippen LogP contribution is 2.25. The molecule has 2 aliphatic heterocycles. The molecular weight excluding hydrogens is 478 g/mol. The first-order chi connectivity index (χ1) is 18.0. The van der Waals surface area contributed by atoms with E-state index in [1.54, 1.807) is 11.9 Å². The number of nitrogens with zero attached hydrogens (tertiary/aromatic N) is 3. The lowest BCUT2D eigenvalue weighted by atomic mass is 10.0. The largest absolute Gasteiger partial charge is 0.305 e. The van der Waals surface area contributed by atoms with Crippen LogP contribution in [-0.4, -0.2) is 55.0 Å². The summed E-state index contributed by atoms with van der Waals surface area (Å²) in [6.07, 6.45) is 5.30. The number of rotatable bonds is 5. The predicted octanol–water partition coefficient (Wildman–Crippen LogP) is 6.08. The van der Waals surface area contributed by atoms with Crippen molar-refractivity contribution in [1.82, 2.24) is 9.80 Å². The summed E-state index contributed by atoms with van der Waals surface area (Å²) < 4.78 is 0. The fourth-order valence-corrected chi connectivity index (χ4v) is 5.47. The van der Waals surface area contributed by atoms with Gasteiger partial charge in [0, 0.05) is 41.8 Å². The summed E-state index contributed by atoms with van der Waals surface area (Å²) in [5.74, 6) is 5.59. The quantitative estimate of drug-likeness (QED) is 0.388. The van der Waals surface area contributed by atoms with Crippen LogP contribution >= 0.6 is 11.6 Å².